The Morgan fingerprint density at radius 1 is 1.11 bits per heavy atom. The lowest BCUT2D eigenvalue weighted by Gasteiger charge is -2.22. The maximum absolute atomic E-state index is 13.2. The van der Waals surface area contributed by atoms with Crippen LogP contribution in [0.2, 0.25) is 0 Å². The Kier molecular flexibility index (Phi) is 4.62. The molecule has 1 heterocycles. The molecule has 0 radical (unpaired) electrons. The number of carbonyl (C=O) groups is 2. The molecule has 0 saturated carbocycles. The van der Waals surface area contributed by atoms with E-state index in [0.717, 1.165) is 0 Å². The van der Waals surface area contributed by atoms with Crippen LogP contribution in [0.5, 0.6) is 0 Å². The molecule has 0 unspecified atom stereocenters. The normalized spacial score (nSPS) is 13.0. The molecule has 0 saturated heterocycles. The van der Waals surface area contributed by atoms with Crippen molar-refractivity contribution in [2.24, 2.45) is 0 Å². The lowest BCUT2D eigenvalue weighted by Crippen LogP contribution is -2.23. The summed E-state index contributed by atoms with van der Waals surface area (Å²) < 4.78 is 1.04. The van der Waals surface area contributed by atoms with E-state index in [1.54, 1.807) is 30.3 Å². The second-order valence-electron chi connectivity index (χ2n) is 5.72. The predicted octanol–water partition coefficient (Wildman–Crippen LogP) is 3.48. The van der Waals surface area contributed by atoms with E-state index in [1.807, 2.05) is 6.07 Å². The van der Waals surface area contributed by atoms with Gasteiger partial charge in [-0.1, -0.05) is 24.3 Å². The highest BCUT2D eigenvalue weighted by atomic mass is 79.9. The first-order chi connectivity index (χ1) is 13.5. The van der Waals surface area contributed by atoms with E-state index in [-0.39, 0.29) is 34.1 Å². The summed E-state index contributed by atoms with van der Waals surface area (Å²) in [6, 6.07) is 10.3. The Hall–Kier alpha value is -3.16. The number of fused-ring (bicyclic) bond motifs is 2. The molecular formula is C18H8Br2N6O2. The topological polar surface area (TPSA) is 124 Å². The van der Waals surface area contributed by atoms with Crippen molar-refractivity contribution in [2.75, 3.05) is 5.32 Å². The zero-order valence-corrected chi connectivity index (χ0v) is 17.0. The lowest BCUT2D eigenvalue weighted by molar-refractivity contribution is 0.0979. The Morgan fingerprint density at radius 3 is 2.39 bits per heavy atom. The fraction of sp³-hybridized carbons (Fsp3) is 0. The van der Waals surface area contributed by atoms with Gasteiger partial charge in [0.1, 0.15) is 11.6 Å². The molecule has 10 heteroatoms. The number of nitrogens with zero attached hydrogens (tertiary/aromatic N) is 4. The first-order valence-corrected chi connectivity index (χ1v) is 9.42. The van der Waals surface area contributed by atoms with E-state index in [0.29, 0.717) is 25.8 Å². The number of rotatable bonds is 3. The third-order valence-corrected chi connectivity index (χ3v) is 5.42. The fourth-order valence-electron chi connectivity index (χ4n) is 2.93. The van der Waals surface area contributed by atoms with E-state index >= 15 is 0 Å². The maximum atomic E-state index is 13.2. The SMILES string of the molecule is N#CC(=CNc1c(Br)cc(Br)c2c1C(=O)c1ccccc1C2=O)c1nn[nH]n1. The van der Waals surface area contributed by atoms with E-state index in [1.165, 1.54) is 6.20 Å². The Bertz CT molecular complexity index is 1210. The Balaban J connectivity index is 1.88. The number of tetrazole rings is 1. The molecule has 8 nitrogen and oxygen atoms in total. The first-order valence-electron chi connectivity index (χ1n) is 7.84. The minimum Gasteiger partial charge on any atom is -0.359 e. The van der Waals surface area contributed by atoms with Gasteiger partial charge in [0.05, 0.1) is 16.8 Å². The molecule has 0 fully saturated rings. The van der Waals surface area contributed by atoms with Crippen molar-refractivity contribution < 1.29 is 9.59 Å². The Morgan fingerprint density at radius 2 is 1.79 bits per heavy atom. The van der Waals surface area contributed by atoms with Gasteiger partial charge < -0.3 is 5.32 Å². The average molecular weight is 500 g/mol. The molecular weight excluding hydrogens is 492 g/mol. The molecule has 136 valence electrons. The molecule has 0 amide bonds. The van der Waals surface area contributed by atoms with Gasteiger partial charge >= 0.3 is 0 Å². The van der Waals surface area contributed by atoms with Crippen LogP contribution < -0.4 is 5.32 Å². The highest BCUT2D eigenvalue weighted by Gasteiger charge is 2.34. The van der Waals surface area contributed by atoms with Crippen LogP contribution in [0.4, 0.5) is 5.69 Å². The molecule has 2 N–H and O–H groups in total. The number of hydrogen-bond donors (Lipinski definition) is 2. The number of carbonyl (C=O) groups excluding carboxylic acids is 2. The van der Waals surface area contributed by atoms with Crippen molar-refractivity contribution in [1.82, 2.24) is 20.6 Å². The summed E-state index contributed by atoms with van der Waals surface area (Å²) >= 11 is 6.80. The highest BCUT2D eigenvalue weighted by Crippen LogP contribution is 2.40. The van der Waals surface area contributed by atoms with Crippen LogP contribution >= 0.6 is 31.9 Å². The first kappa shape index (κ1) is 18.2. The molecule has 0 atom stereocenters. The molecule has 28 heavy (non-hydrogen) atoms. The second-order valence-corrected chi connectivity index (χ2v) is 7.43. The van der Waals surface area contributed by atoms with Crippen LogP contribution in [0.3, 0.4) is 0 Å². The molecule has 1 aliphatic rings. The number of benzene rings is 2. The smallest absolute Gasteiger partial charge is 0.216 e. The van der Waals surface area contributed by atoms with Gasteiger partial charge in [0, 0.05) is 26.3 Å². The van der Waals surface area contributed by atoms with Crippen molar-refractivity contribution in [3.05, 3.63) is 73.6 Å². The van der Waals surface area contributed by atoms with Gasteiger partial charge in [-0.3, -0.25) is 9.59 Å². The number of hydrogen-bond acceptors (Lipinski definition) is 7. The van der Waals surface area contributed by atoms with Crippen LogP contribution in [0.1, 0.15) is 37.7 Å². The largest absolute Gasteiger partial charge is 0.359 e. The van der Waals surface area contributed by atoms with Crippen LogP contribution in [-0.2, 0) is 0 Å². The molecule has 0 aliphatic heterocycles. The zero-order valence-electron chi connectivity index (χ0n) is 13.8. The molecule has 0 spiro atoms. The summed E-state index contributed by atoms with van der Waals surface area (Å²) in [5.74, 6) is -0.443. The molecule has 3 aromatic rings. The number of halogens is 2. The number of nitrogens with one attached hydrogen (secondary N) is 2. The number of allylic oxidation sites excluding steroid dienone is 1. The average Bonchev–Trinajstić information content (AvgIpc) is 3.22. The maximum Gasteiger partial charge on any atom is 0.216 e. The molecule has 0 bridgehead atoms. The van der Waals surface area contributed by atoms with Gasteiger partial charge in [-0.2, -0.15) is 10.5 Å². The molecule has 1 aromatic heterocycles. The number of ketones is 2. The minimum atomic E-state index is -0.291. The van der Waals surface area contributed by atoms with Crippen LogP contribution in [0.15, 0.2) is 45.5 Å². The summed E-state index contributed by atoms with van der Waals surface area (Å²) in [4.78, 5) is 26.2. The number of nitriles is 1. The zero-order chi connectivity index (χ0) is 19.8. The van der Waals surface area contributed by atoms with Crippen LogP contribution in [0, 0.1) is 11.3 Å². The van der Waals surface area contributed by atoms with Crippen molar-refractivity contribution in [3.63, 3.8) is 0 Å². The van der Waals surface area contributed by atoms with Crippen LogP contribution in [-0.4, -0.2) is 32.2 Å². The molecule has 1 aliphatic carbocycles. The van der Waals surface area contributed by atoms with Crippen molar-refractivity contribution >= 4 is 54.7 Å². The highest BCUT2D eigenvalue weighted by molar-refractivity contribution is 9.11. The summed E-state index contributed by atoms with van der Waals surface area (Å²) in [6.45, 7) is 0. The van der Waals surface area contributed by atoms with Gasteiger partial charge in [0.2, 0.25) is 5.82 Å². The van der Waals surface area contributed by atoms with Crippen molar-refractivity contribution in [3.8, 4) is 6.07 Å². The lowest BCUT2D eigenvalue weighted by atomic mass is 9.83. The van der Waals surface area contributed by atoms with Crippen LogP contribution in [0.25, 0.3) is 5.57 Å². The van der Waals surface area contributed by atoms with Gasteiger partial charge in [-0.25, -0.2) is 0 Å². The third kappa shape index (κ3) is 2.85. The van der Waals surface area contributed by atoms with E-state index in [4.69, 9.17) is 0 Å². The summed E-state index contributed by atoms with van der Waals surface area (Å²) in [5.41, 5.74) is 1.63. The van der Waals surface area contributed by atoms with E-state index in [9.17, 15) is 14.9 Å². The Labute approximate surface area is 174 Å². The molecule has 2 aromatic carbocycles. The minimum absolute atomic E-state index is 0.102. The van der Waals surface area contributed by atoms with Gasteiger partial charge in [-0.15, -0.1) is 10.2 Å². The summed E-state index contributed by atoms with van der Waals surface area (Å²) in [6.07, 6.45) is 1.36. The summed E-state index contributed by atoms with van der Waals surface area (Å²) in [5, 5.41) is 25.5. The number of anilines is 1. The van der Waals surface area contributed by atoms with Crippen molar-refractivity contribution in [2.45, 2.75) is 0 Å². The number of aromatic nitrogens is 4. The van der Waals surface area contributed by atoms with Gasteiger partial charge in [0.15, 0.2) is 11.6 Å². The van der Waals surface area contributed by atoms with Gasteiger partial charge in [-0.05, 0) is 43.1 Å². The van der Waals surface area contributed by atoms with E-state index < -0.39 is 0 Å². The van der Waals surface area contributed by atoms with Crippen molar-refractivity contribution in [1.29, 1.82) is 5.26 Å². The molecule has 4 rings (SSSR count). The quantitative estimate of drug-likeness (QED) is 0.413. The third-order valence-electron chi connectivity index (χ3n) is 4.17. The number of H-pyrrole nitrogens is 1. The standard InChI is InChI=1S/C18H8Br2N6O2/c19-11-5-12(20)15(22-7-8(6-21)18-23-25-26-24-18)14-13(11)16(27)9-3-1-2-4-10(9)17(14)28/h1-5,7,22H,(H,23,24,25,26). The second kappa shape index (κ2) is 7.10. The fourth-order valence-corrected chi connectivity index (χ4v) is 4.38. The van der Waals surface area contributed by atoms with Gasteiger partial charge in [0.25, 0.3) is 0 Å². The number of aromatic amines is 1. The summed E-state index contributed by atoms with van der Waals surface area (Å²) in [7, 11) is 0. The van der Waals surface area contributed by atoms with E-state index in [2.05, 4.69) is 57.8 Å². The predicted molar refractivity (Wildman–Crippen MR) is 107 cm³/mol. The monoisotopic (exact) mass is 498 g/mol.